The quantitative estimate of drug-likeness (QED) is 0.921. The summed E-state index contributed by atoms with van der Waals surface area (Å²) in [6, 6.07) is 10.1. The highest BCUT2D eigenvalue weighted by Crippen LogP contribution is 2.30. The second-order valence-electron chi connectivity index (χ2n) is 4.52. The maximum absolute atomic E-state index is 12.4. The molecule has 0 amide bonds. The van der Waals surface area contributed by atoms with E-state index in [1.165, 1.54) is 12.1 Å². The summed E-state index contributed by atoms with van der Waals surface area (Å²) in [5.41, 5.74) is 5.78. The van der Waals surface area contributed by atoms with Gasteiger partial charge in [-0.15, -0.1) is 0 Å². The highest BCUT2D eigenvalue weighted by Gasteiger charge is 2.30. The first-order valence-corrected chi connectivity index (χ1v) is 6.42. The Bertz CT molecular complexity index is 555. The zero-order chi connectivity index (χ0) is 15.3. The molecule has 0 bridgehead atoms. The Labute approximate surface area is 120 Å². The summed E-state index contributed by atoms with van der Waals surface area (Å²) >= 11 is 0. The van der Waals surface area contributed by atoms with Gasteiger partial charge < -0.3 is 10.5 Å². The highest BCUT2D eigenvalue weighted by molar-refractivity contribution is 5.29. The van der Waals surface area contributed by atoms with Gasteiger partial charge in [0, 0.05) is 24.4 Å². The van der Waals surface area contributed by atoms with Gasteiger partial charge in [-0.1, -0.05) is 6.07 Å². The van der Waals surface area contributed by atoms with Crippen LogP contribution in [0.25, 0.3) is 0 Å². The van der Waals surface area contributed by atoms with Gasteiger partial charge in [-0.3, -0.25) is 4.98 Å². The zero-order valence-corrected chi connectivity index (χ0v) is 11.2. The Kier molecular flexibility index (Phi) is 4.80. The van der Waals surface area contributed by atoms with Gasteiger partial charge in [0.05, 0.1) is 12.2 Å². The molecule has 0 fully saturated rings. The molecule has 1 atom stereocenters. The zero-order valence-electron chi connectivity index (χ0n) is 11.2. The van der Waals surface area contributed by atoms with Crippen LogP contribution in [0.15, 0.2) is 48.7 Å². The van der Waals surface area contributed by atoms with Crippen LogP contribution in [0.5, 0.6) is 5.75 Å². The molecule has 0 saturated heterocycles. The minimum Gasteiger partial charge on any atom is -0.493 e. The van der Waals surface area contributed by atoms with Crippen molar-refractivity contribution in [2.75, 3.05) is 13.2 Å². The minimum atomic E-state index is -4.34. The number of hydrogen-bond donors (Lipinski definition) is 1. The van der Waals surface area contributed by atoms with E-state index in [2.05, 4.69) is 4.98 Å². The van der Waals surface area contributed by atoms with Crippen LogP contribution in [-0.2, 0) is 6.18 Å². The molecule has 2 rings (SSSR count). The number of halogens is 3. The Hall–Kier alpha value is -2.08. The molecule has 1 aromatic carbocycles. The number of rotatable bonds is 5. The predicted octanol–water partition coefficient (Wildman–Crippen LogP) is 3.22. The lowest BCUT2D eigenvalue weighted by Gasteiger charge is -2.15. The van der Waals surface area contributed by atoms with Gasteiger partial charge in [0.25, 0.3) is 0 Å². The van der Waals surface area contributed by atoms with Crippen molar-refractivity contribution in [1.82, 2.24) is 4.98 Å². The Morgan fingerprint density at radius 3 is 2.33 bits per heavy atom. The number of hydrogen-bond acceptors (Lipinski definition) is 3. The van der Waals surface area contributed by atoms with Gasteiger partial charge in [-0.2, -0.15) is 13.2 Å². The van der Waals surface area contributed by atoms with Gasteiger partial charge >= 0.3 is 6.18 Å². The van der Waals surface area contributed by atoms with Crippen LogP contribution >= 0.6 is 0 Å². The molecule has 6 heteroatoms. The smallest absolute Gasteiger partial charge is 0.416 e. The number of pyridine rings is 1. The SMILES string of the molecule is NCC(COc1ccc(C(F)(F)F)cc1)c1ccccn1. The van der Waals surface area contributed by atoms with Gasteiger partial charge in [0.2, 0.25) is 0 Å². The topological polar surface area (TPSA) is 48.1 Å². The second kappa shape index (κ2) is 6.58. The van der Waals surface area contributed by atoms with Crippen molar-refractivity contribution < 1.29 is 17.9 Å². The first-order valence-electron chi connectivity index (χ1n) is 6.42. The Morgan fingerprint density at radius 2 is 1.81 bits per heavy atom. The molecule has 0 aliphatic carbocycles. The Balaban J connectivity index is 1.99. The minimum absolute atomic E-state index is 0.103. The van der Waals surface area contributed by atoms with E-state index in [9.17, 15) is 13.2 Å². The number of benzene rings is 1. The lowest BCUT2D eigenvalue weighted by Crippen LogP contribution is -2.20. The maximum Gasteiger partial charge on any atom is 0.416 e. The van der Waals surface area contributed by atoms with E-state index >= 15 is 0 Å². The summed E-state index contributed by atoms with van der Waals surface area (Å²) in [7, 11) is 0. The standard InChI is InChI=1S/C15H15F3N2O/c16-15(17,18)12-4-6-13(7-5-12)21-10-11(9-19)14-3-1-2-8-20-14/h1-8,11H,9-10,19H2. The summed E-state index contributed by atoms with van der Waals surface area (Å²) in [6.07, 6.45) is -2.68. The number of alkyl halides is 3. The normalized spacial score (nSPS) is 13.0. The molecule has 2 N–H and O–H groups in total. The van der Waals surface area contributed by atoms with Crippen LogP contribution in [-0.4, -0.2) is 18.1 Å². The van der Waals surface area contributed by atoms with Crippen LogP contribution in [0.4, 0.5) is 13.2 Å². The fourth-order valence-corrected chi connectivity index (χ4v) is 1.83. The summed E-state index contributed by atoms with van der Waals surface area (Å²) in [4.78, 5) is 4.20. The molecule has 1 aromatic heterocycles. The maximum atomic E-state index is 12.4. The predicted molar refractivity (Wildman–Crippen MR) is 73.0 cm³/mol. The highest BCUT2D eigenvalue weighted by atomic mass is 19.4. The third kappa shape index (κ3) is 4.19. The average molecular weight is 296 g/mol. The largest absolute Gasteiger partial charge is 0.493 e. The molecule has 0 saturated carbocycles. The van der Waals surface area contributed by atoms with Gasteiger partial charge in [0.1, 0.15) is 5.75 Å². The lowest BCUT2D eigenvalue weighted by molar-refractivity contribution is -0.137. The fourth-order valence-electron chi connectivity index (χ4n) is 1.83. The first kappa shape index (κ1) is 15.3. The van der Waals surface area contributed by atoms with E-state index < -0.39 is 11.7 Å². The fraction of sp³-hybridized carbons (Fsp3) is 0.267. The summed E-state index contributed by atoms with van der Waals surface area (Å²) in [5, 5.41) is 0. The molecule has 0 aliphatic rings. The van der Waals surface area contributed by atoms with Crippen LogP contribution in [0.1, 0.15) is 17.2 Å². The van der Waals surface area contributed by atoms with Gasteiger partial charge in [-0.05, 0) is 36.4 Å². The molecule has 1 unspecified atom stereocenters. The Morgan fingerprint density at radius 1 is 1.10 bits per heavy atom. The second-order valence-corrected chi connectivity index (χ2v) is 4.52. The van der Waals surface area contributed by atoms with E-state index in [4.69, 9.17) is 10.5 Å². The van der Waals surface area contributed by atoms with Crippen molar-refractivity contribution in [1.29, 1.82) is 0 Å². The third-order valence-electron chi connectivity index (χ3n) is 3.02. The molecule has 1 heterocycles. The van der Waals surface area contributed by atoms with E-state index in [0.717, 1.165) is 17.8 Å². The number of aromatic nitrogens is 1. The summed E-state index contributed by atoms with van der Waals surface area (Å²) in [5.74, 6) is 0.269. The third-order valence-corrected chi connectivity index (χ3v) is 3.02. The summed E-state index contributed by atoms with van der Waals surface area (Å²) in [6.45, 7) is 0.608. The van der Waals surface area contributed by atoms with Crippen LogP contribution in [0.2, 0.25) is 0 Å². The van der Waals surface area contributed by atoms with Crippen LogP contribution < -0.4 is 10.5 Å². The number of nitrogens with two attached hydrogens (primary N) is 1. The molecule has 0 spiro atoms. The van der Waals surface area contributed by atoms with E-state index in [-0.39, 0.29) is 12.5 Å². The monoisotopic (exact) mass is 296 g/mol. The van der Waals surface area contributed by atoms with Crippen molar-refractivity contribution in [3.8, 4) is 5.75 Å². The molecule has 0 aliphatic heterocycles. The first-order chi connectivity index (χ1) is 10.0. The van der Waals surface area contributed by atoms with Gasteiger partial charge in [0.15, 0.2) is 0 Å². The van der Waals surface area contributed by atoms with Crippen molar-refractivity contribution in [3.63, 3.8) is 0 Å². The lowest BCUT2D eigenvalue weighted by atomic mass is 10.1. The van der Waals surface area contributed by atoms with Crippen LogP contribution in [0.3, 0.4) is 0 Å². The number of ether oxygens (including phenoxy) is 1. The van der Waals surface area contributed by atoms with E-state index in [1.54, 1.807) is 12.3 Å². The van der Waals surface area contributed by atoms with Crippen molar-refractivity contribution in [2.24, 2.45) is 5.73 Å². The molecular formula is C15H15F3N2O. The molecule has 112 valence electrons. The summed E-state index contributed by atoms with van der Waals surface area (Å²) < 4.78 is 42.8. The number of nitrogens with zero attached hydrogens (tertiary/aromatic N) is 1. The molecule has 21 heavy (non-hydrogen) atoms. The van der Waals surface area contributed by atoms with Crippen molar-refractivity contribution >= 4 is 0 Å². The molecular weight excluding hydrogens is 281 g/mol. The van der Waals surface area contributed by atoms with Gasteiger partial charge in [-0.25, -0.2) is 0 Å². The molecule has 3 nitrogen and oxygen atoms in total. The van der Waals surface area contributed by atoms with Crippen molar-refractivity contribution in [3.05, 3.63) is 59.9 Å². The van der Waals surface area contributed by atoms with Crippen LogP contribution in [0, 0.1) is 0 Å². The van der Waals surface area contributed by atoms with Crippen molar-refractivity contribution in [2.45, 2.75) is 12.1 Å². The average Bonchev–Trinajstić information content (AvgIpc) is 2.48. The molecule has 2 aromatic rings. The van der Waals surface area contributed by atoms with E-state index in [0.29, 0.717) is 12.3 Å². The molecule has 0 radical (unpaired) electrons. The van der Waals surface area contributed by atoms with E-state index in [1.807, 2.05) is 12.1 Å².